The van der Waals surface area contributed by atoms with Gasteiger partial charge in [0, 0.05) is 11.6 Å². The molecule has 1 unspecified atom stereocenters. The highest BCUT2D eigenvalue weighted by Gasteiger charge is 2.47. The van der Waals surface area contributed by atoms with Crippen molar-refractivity contribution in [3.8, 4) is 0 Å². The number of aromatic nitrogens is 1. The number of fused-ring (bicyclic) bond motifs is 2. The Labute approximate surface area is 177 Å². The second-order valence-corrected chi connectivity index (χ2v) is 8.67. The SMILES string of the molecule is Cc1cccc2sc(NC(=O)CNC(=O)C3c4ccccc4C(=O)N3C3CC3)nc12. The Morgan fingerprint density at radius 2 is 1.97 bits per heavy atom. The minimum Gasteiger partial charge on any atom is -0.345 e. The number of hydrogen-bond acceptors (Lipinski definition) is 5. The Bertz CT molecular complexity index is 1180. The van der Waals surface area contributed by atoms with Crippen LogP contribution in [0.3, 0.4) is 0 Å². The van der Waals surface area contributed by atoms with E-state index in [2.05, 4.69) is 15.6 Å². The first kappa shape index (κ1) is 18.7. The molecular formula is C22H20N4O3S. The number of nitrogens with one attached hydrogen (secondary N) is 2. The lowest BCUT2D eigenvalue weighted by molar-refractivity contribution is -0.127. The average molecular weight is 420 g/mol. The monoisotopic (exact) mass is 420 g/mol. The summed E-state index contributed by atoms with van der Waals surface area (Å²) >= 11 is 1.39. The summed E-state index contributed by atoms with van der Waals surface area (Å²) in [4.78, 5) is 44.2. The van der Waals surface area contributed by atoms with Crippen LogP contribution < -0.4 is 10.6 Å². The molecule has 1 aliphatic heterocycles. The van der Waals surface area contributed by atoms with Gasteiger partial charge < -0.3 is 15.5 Å². The lowest BCUT2D eigenvalue weighted by atomic mass is 10.0. The zero-order chi connectivity index (χ0) is 20.8. The second kappa shape index (κ2) is 7.21. The number of nitrogens with zero attached hydrogens (tertiary/aromatic N) is 2. The zero-order valence-electron chi connectivity index (χ0n) is 16.3. The number of thiazole rings is 1. The van der Waals surface area contributed by atoms with E-state index < -0.39 is 6.04 Å². The van der Waals surface area contributed by atoms with E-state index in [4.69, 9.17) is 0 Å². The maximum Gasteiger partial charge on any atom is 0.255 e. The van der Waals surface area contributed by atoms with Gasteiger partial charge in [-0.15, -0.1) is 0 Å². The van der Waals surface area contributed by atoms with Gasteiger partial charge in [-0.05, 0) is 43.0 Å². The smallest absolute Gasteiger partial charge is 0.255 e. The molecule has 2 aromatic carbocycles. The molecule has 5 rings (SSSR count). The minimum atomic E-state index is -0.681. The molecule has 0 radical (unpaired) electrons. The van der Waals surface area contributed by atoms with Gasteiger partial charge in [0.25, 0.3) is 5.91 Å². The van der Waals surface area contributed by atoms with Crippen LogP contribution in [0.2, 0.25) is 0 Å². The summed E-state index contributed by atoms with van der Waals surface area (Å²) in [5.74, 6) is -0.798. The van der Waals surface area contributed by atoms with E-state index in [0.29, 0.717) is 16.3 Å². The second-order valence-electron chi connectivity index (χ2n) is 7.64. The van der Waals surface area contributed by atoms with Crippen molar-refractivity contribution < 1.29 is 14.4 Å². The molecule has 8 heteroatoms. The molecule has 1 saturated carbocycles. The third-order valence-corrected chi connectivity index (χ3v) is 6.41. The van der Waals surface area contributed by atoms with E-state index in [0.717, 1.165) is 28.6 Å². The molecule has 0 saturated heterocycles. The fourth-order valence-electron chi connectivity index (χ4n) is 3.90. The Morgan fingerprint density at radius 3 is 2.73 bits per heavy atom. The van der Waals surface area contributed by atoms with Gasteiger partial charge in [0.05, 0.1) is 16.8 Å². The van der Waals surface area contributed by atoms with Gasteiger partial charge in [-0.2, -0.15) is 0 Å². The van der Waals surface area contributed by atoms with E-state index in [9.17, 15) is 14.4 Å². The maximum absolute atomic E-state index is 12.9. The van der Waals surface area contributed by atoms with Crippen molar-refractivity contribution in [3.63, 3.8) is 0 Å². The molecule has 2 heterocycles. The zero-order valence-corrected chi connectivity index (χ0v) is 17.2. The van der Waals surface area contributed by atoms with Crippen LogP contribution in [0, 0.1) is 6.92 Å². The third kappa shape index (κ3) is 3.23. The first-order chi connectivity index (χ1) is 14.5. The lowest BCUT2D eigenvalue weighted by Crippen LogP contribution is -2.42. The third-order valence-electron chi connectivity index (χ3n) is 5.48. The topological polar surface area (TPSA) is 91.4 Å². The summed E-state index contributed by atoms with van der Waals surface area (Å²) in [5, 5.41) is 5.95. The Hall–Kier alpha value is -3.26. The number of amides is 3. The van der Waals surface area contributed by atoms with Crippen molar-refractivity contribution in [2.24, 2.45) is 0 Å². The number of carbonyl (C=O) groups excluding carboxylic acids is 3. The summed E-state index contributed by atoms with van der Waals surface area (Å²) in [5.41, 5.74) is 3.18. The number of carbonyl (C=O) groups is 3. The number of rotatable bonds is 5. The van der Waals surface area contributed by atoms with E-state index in [-0.39, 0.29) is 30.3 Å². The van der Waals surface area contributed by atoms with E-state index in [1.807, 2.05) is 37.3 Å². The minimum absolute atomic E-state index is 0.0977. The van der Waals surface area contributed by atoms with Crippen molar-refractivity contribution in [3.05, 3.63) is 59.2 Å². The molecule has 1 aliphatic carbocycles. The summed E-state index contributed by atoms with van der Waals surface area (Å²) in [7, 11) is 0. The highest BCUT2D eigenvalue weighted by Crippen LogP contribution is 2.41. The first-order valence-electron chi connectivity index (χ1n) is 9.88. The molecule has 3 aromatic rings. The molecule has 0 spiro atoms. The van der Waals surface area contributed by atoms with Gasteiger partial charge in [-0.1, -0.05) is 41.7 Å². The number of anilines is 1. The molecule has 7 nitrogen and oxygen atoms in total. The fourth-order valence-corrected chi connectivity index (χ4v) is 4.86. The number of para-hydroxylation sites is 1. The van der Waals surface area contributed by atoms with Crippen molar-refractivity contribution in [2.75, 3.05) is 11.9 Å². The summed E-state index contributed by atoms with van der Waals surface area (Å²) < 4.78 is 0.996. The Kier molecular flexibility index (Phi) is 4.51. The summed E-state index contributed by atoms with van der Waals surface area (Å²) in [6, 6.07) is 12.5. The van der Waals surface area contributed by atoms with Crippen LogP contribution in [-0.2, 0) is 9.59 Å². The summed E-state index contributed by atoms with van der Waals surface area (Å²) in [6.45, 7) is 1.79. The molecule has 2 N–H and O–H groups in total. The molecule has 152 valence electrons. The quantitative estimate of drug-likeness (QED) is 0.664. The maximum atomic E-state index is 12.9. The largest absolute Gasteiger partial charge is 0.345 e. The predicted molar refractivity (Wildman–Crippen MR) is 114 cm³/mol. The van der Waals surface area contributed by atoms with Gasteiger partial charge in [0.1, 0.15) is 6.04 Å². The molecule has 0 bridgehead atoms. The van der Waals surface area contributed by atoms with Crippen molar-refractivity contribution in [2.45, 2.75) is 31.8 Å². The molecular weight excluding hydrogens is 400 g/mol. The van der Waals surface area contributed by atoms with Crippen LogP contribution in [0.5, 0.6) is 0 Å². The van der Waals surface area contributed by atoms with Crippen molar-refractivity contribution >= 4 is 44.4 Å². The summed E-state index contributed by atoms with van der Waals surface area (Å²) in [6.07, 6.45) is 1.81. The van der Waals surface area contributed by atoms with Gasteiger partial charge in [-0.3, -0.25) is 14.4 Å². The average Bonchev–Trinajstić information content (AvgIpc) is 3.42. The lowest BCUT2D eigenvalue weighted by Gasteiger charge is -2.24. The van der Waals surface area contributed by atoms with Gasteiger partial charge in [0.2, 0.25) is 11.8 Å². The van der Waals surface area contributed by atoms with Crippen molar-refractivity contribution in [1.82, 2.24) is 15.2 Å². The highest BCUT2D eigenvalue weighted by molar-refractivity contribution is 7.22. The Balaban J connectivity index is 1.27. The molecule has 1 atom stereocenters. The van der Waals surface area contributed by atoms with Gasteiger partial charge >= 0.3 is 0 Å². The standard InChI is InChI=1S/C22H20N4O3S/c1-12-5-4-8-16-18(12)25-22(30-16)24-17(27)11-23-20(28)19-14-6-2-3-7-15(14)21(29)26(19)13-9-10-13/h2-8,13,19H,9-11H2,1H3,(H,23,28)(H,24,25,27). The van der Waals surface area contributed by atoms with E-state index >= 15 is 0 Å². The number of benzene rings is 2. The number of aryl methyl sites for hydroxylation is 1. The Morgan fingerprint density at radius 1 is 1.17 bits per heavy atom. The first-order valence-corrected chi connectivity index (χ1v) is 10.7. The highest BCUT2D eigenvalue weighted by atomic mass is 32.1. The van der Waals surface area contributed by atoms with Crippen LogP contribution in [-0.4, -0.2) is 40.2 Å². The normalized spacial score (nSPS) is 17.8. The van der Waals surface area contributed by atoms with E-state index in [1.165, 1.54) is 11.3 Å². The van der Waals surface area contributed by atoms with Crippen LogP contribution >= 0.6 is 11.3 Å². The van der Waals surface area contributed by atoms with E-state index in [1.54, 1.807) is 17.0 Å². The molecule has 1 aromatic heterocycles. The number of hydrogen-bond donors (Lipinski definition) is 2. The fraction of sp³-hybridized carbons (Fsp3) is 0.273. The van der Waals surface area contributed by atoms with Gasteiger partial charge in [-0.25, -0.2) is 4.98 Å². The van der Waals surface area contributed by atoms with Gasteiger partial charge in [0.15, 0.2) is 5.13 Å². The molecule has 3 amide bonds. The van der Waals surface area contributed by atoms with Crippen LogP contribution in [0.1, 0.15) is 40.4 Å². The van der Waals surface area contributed by atoms with Crippen LogP contribution in [0.25, 0.3) is 10.2 Å². The molecule has 1 fully saturated rings. The molecule has 2 aliphatic rings. The molecule has 30 heavy (non-hydrogen) atoms. The van der Waals surface area contributed by atoms with Crippen LogP contribution in [0.4, 0.5) is 5.13 Å². The predicted octanol–water partition coefficient (Wildman–Crippen LogP) is 3.02. The van der Waals surface area contributed by atoms with Crippen LogP contribution in [0.15, 0.2) is 42.5 Å². The van der Waals surface area contributed by atoms with Crippen molar-refractivity contribution in [1.29, 1.82) is 0 Å².